The quantitative estimate of drug-likeness (QED) is 0.647. The maximum absolute atomic E-state index is 11.6. The second-order valence-electron chi connectivity index (χ2n) is 3.25. The molecule has 1 rings (SSSR count). The minimum atomic E-state index is -0.140. The first-order chi connectivity index (χ1) is 7.63. The van der Waals surface area contributed by atoms with Gasteiger partial charge in [0, 0.05) is 16.5 Å². The molecule has 0 saturated carbocycles. The monoisotopic (exact) mass is 255 g/mol. The maximum atomic E-state index is 11.6. The predicted molar refractivity (Wildman–Crippen MR) is 70.0 cm³/mol. The van der Waals surface area contributed by atoms with E-state index >= 15 is 0 Å². The Morgan fingerprint density at radius 3 is 3.06 bits per heavy atom. The van der Waals surface area contributed by atoms with Crippen molar-refractivity contribution in [3.05, 3.63) is 41.9 Å². The number of amides is 1. The van der Waals surface area contributed by atoms with Crippen LogP contribution in [0.15, 0.2) is 41.8 Å². The zero-order chi connectivity index (χ0) is 12.0. The van der Waals surface area contributed by atoms with Crippen LogP contribution in [0.3, 0.4) is 0 Å². The number of hydrogen-bond acceptors (Lipinski definition) is 2. The average molecular weight is 256 g/mol. The number of hydrogen-bond donors (Lipinski definition) is 1. The first-order valence-electron chi connectivity index (χ1n) is 4.94. The predicted octanol–water partition coefficient (Wildman–Crippen LogP) is 3.12. The fraction of sp³-hybridized carbons (Fsp3) is 0.250. The van der Waals surface area contributed by atoms with Crippen molar-refractivity contribution in [1.29, 1.82) is 0 Å². The van der Waals surface area contributed by atoms with Gasteiger partial charge in [-0.3, -0.25) is 4.79 Å². The third-order valence-corrected chi connectivity index (χ3v) is 3.23. The van der Waals surface area contributed by atoms with E-state index in [4.69, 9.17) is 11.6 Å². The van der Waals surface area contributed by atoms with Gasteiger partial charge in [0.1, 0.15) is 0 Å². The molecule has 0 bridgehead atoms. The van der Waals surface area contributed by atoms with Crippen LogP contribution in [0.1, 0.15) is 6.92 Å². The van der Waals surface area contributed by atoms with Crippen molar-refractivity contribution in [3.63, 3.8) is 0 Å². The molecule has 1 amide bonds. The van der Waals surface area contributed by atoms with Crippen LogP contribution in [0, 0.1) is 0 Å². The second-order valence-corrected chi connectivity index (χ2v) is 5.10. The highest BCUT2D eigenvalue weighted by Crippen LogP contribution is 2.25. The lowest BCUT2D eigenvalue weighted by atomic mass is 10.4. The average Bonchev–Trinajstić information content (AvgIpc) is 2.25. The van der Waals surface area contributed by atoms with E-state index in [0.717, 1.165) is 4.90 Å². The molecule has 4 heteroatoms. The molecular weight excluding hydrogens is 242 g/mol. The van der Waals surface area contributed by atoms with E-state index in [2.05, 4.69) is 11.9 Å². The largest absolute Gasteiger partial charge is 0.352 e. The number of rotatable bonds is 5. The molecular formula is C12H14ClNOS. The van der Waals surface area contributed by atoms with Gasteiger partial charge >= 0.3 is 0 Å². The van der Waals surface area contributed by atoms with E-state index < -0.39 is 0 Å². The number of benzene rings is 1. The fourth-order valence-corrected chi connectivity index (χ4v) is 2.32. The SMILES string of the molecule is C=CCNC(=O)C(C)Sc1cccc(Cl)c1. The molecule has 0 spiro atoms. The molecule has 1 aromatic rings. The number of thioether (sulfide) groups is 1. The summed E-state index contributed by atoms with van der Waals surface area (Å²) < 4.78 is 0. The Kier molecular flexibility index (Phi) is 5.43. The van der Waals surface area contributed by atoms with E-state index in [1.54, 1.807) is 6.08 Å². The van der Waals surface area contributed by atoms with Crippen LogP contribution in [-0.4, -0.2) is 17.7 Å². The summed E-state index contributed by atoms with van der Waals surface area (Å²) in [4.78, 5) is 12.6. The zero-order valence-corrected chi connectivity index (χ0v) is 10.6. The van der Waals surface area contributed by atoms with Crippen LogP contribution < -0.4 is 5.32 Å². The zero-order valence-electron chi connectivity index (χ0n) is 9.07. The topological polar surface area (TPSA) is 29.1 Å². The summed E-state index contributed by atoms with van der Waals surface area (Å²) >= 11 is 7.35. The van der Waals surface area contributed by atoms with Gasteiger partial charge in [-0.15, -0.1) is 18.3 Å². The van der Waals surface area contributed by atoms with Crippen molar-refractivity contribution in [2.24, 2.45) is 0 Å². The lowest BCUT2D eigenvalue weighted by molar-refractivity contribution is -0.120. The lowest BCUT2D eigenvalue weighted by Gasteiger charge is -2.10. The Morgan fingerprint density at radius 2 is 2.44 bits per heavy atom. The molecule has 0 saturated heterocycles. The highest BCUT2D eigenvalue weighted by atomic mass is 35.5. The lowest BCUT2D eigenvalue weighted by Crippen LogP contribution is -2.30. The molecule has 86 valence electrons. The van der Waals surface area contributed by atoms with E-state index in [1.165, 1.54) is 11.8 Å². The summed E-state index contributed by atoms with van der Waals surface area (Å²) in [5, 5.41) is 3.30. The van der Waals surface area contributed by atoms with Crippen LogP contribution in [0.5, 0.6) is 0 Å². The minimum Gasteiger partial charge on any atom is -0.352 e. The van der Waals surface area contributed by atoms with Gasteiger partial charge in [0.15, 0.2) is 0 Å². The molecule has 1 aromatic carbocycles. The van der Waals surface area contributed by atoms with Crippen molar-refractivity contribution >= 4 is 29.3 Å². The summed E-state index contributed by atoms with van der Waals surface area (Å²) in [5.41, 5.74) is 0. The van der Waals surface area contributed by atoms with Crippen LogP contribution in [0.25, 0.3) is 0 Å². The molecule has 1 N–H and O–H groups in total. The number of nitrogens with one attached hydrogen (secondary N) is 1. The summed E-state index contributed by atoms with van der Waals surface area (Å²) in [6, 6.07) is 7.48. The van der Waals surface area contributed by atoms with Gasteiger partial charge < -0.3 is 5.32 Å². The van der Waals surface area contributed by atoms with Crippen LogP contribution in [-0.2, 0) is 4.79 Å². The fourth-order valence-electron chi connectivity index (χ4n) is 1.11. The molecule has 0 radical (unpaired) electrons. The summed E-state index contributed by atoms with van der Waals surface area (Å²) in [7, 11) is 0. The number of carbonyl (C=O) groups excluding carboxylic acids is 1. The minimum absolute atomic E-state index is 0.00451. The number of halogens is 1. The summed E-state index contributed by atoms with van der Waals surface area (Å²) in [5.74, 6) is 0.00451. The molecule has 0 heterocycles. The van der Waals surface area contributed by atoms with Gasteiger partial charge in [-0.05, 0) is 25.1 Å². The third-order valence-electron chi connectivity index (χ3n) is 1.90. The Labute approximate surface area is 105 Å². The van der Waals surface area contributed by atoms with Crippen LogP contribution in [0.4, 0.5) is 0 Å². The van der Waals surface area contributed by atoms with Crippen molar-refractivity contribution in [1.82, 2.24) is 5.32 Å². The molecule has 1 atom stereocenters. The molecule has 0 fully saturated rings. The molecule has 16 heavy (non-hydrogen) atoms. The first kappa shape index (κ1) is 13.1. The smallest absolute Gasteiger partial charge is 0.233 e. The van der Waals surface area contributed by atoms with E-state index in [9.17, 15) is 4.79 Å². The van der Waals surface area contributed by atoms with Gasteiger partial charge in [0.05, 0.1) is 5.25 Å². The highest BCUT2D eigenvalue weighted by molar-refractivity contribution is 8.00. The van der Waals surface area contributed by atoms with E-state index in [-0.39, 0.29) is 11.2 Å². The van der Waals surface area contributed by atoms with Crippen molar-refractivity contribution in [2.45, 2.75) is 17.1 Å². The number of carbonyl (C=O) groups is 1. The molecule has 0 aliphatic heterocycles. The second kappa shape index (κ2) is 6.61. The molecule has 0 aliphatic rings. The van der Waals surface area contributed by atoms with Crippen LogP contribution >= 0.6 is 23.4 Å². The van der Waals surface area contributed by atoms with Gasteiger partial charge in [-0.2, -0.15) is 0 Å². The van der Waals surface area contributed by atoms with Gasteiger partial charge in [-0.1, -0.05) is 23.7 Å². The van der Waals surface area contributed by atoms with E-state index in [1.807, 2.05) is 31.2 Å². The van der Waals surface area contributed by atoms with Crippen molar-refractivity contribution in [2.75, 3.05) is 6.54 Å². The Morgan fingerprint density at radius 1 is 1.69 bits per heavy atom. The summed E-state index contributed by atoms with van der Waals surface area (Å²) in [6.07, 6.45) is 1.66. The van der Waals surface area contributed by atoms with Gasteiger partial charge in [0.2, 0.25) is 5.91 Å². The third kappa shape index (κ3) is 4.29. The Bertz CT molecular complexity index is 381. The molecule has 1 unspecified atom stereocenters. The standard InChI is InChI=1S/C12H14ClNOS/c1-3-7-14-12(15)9(2)16-11-6-4-5-10(13)8-11/h3-6,8-9H,1,7H2,2H3,(H,14,15). The molecule has 0 aliphatic carbocycles. The van der Waals surface area contributed by atoms with Crippen molar-refractivity contribution in [3.8, 4) is 0 Å². The normalized spacial score (nSPS) is 11.9. The highest BCUT2D eigenvalue weighted by Gasteiger charge is 2.13. The summed E-state index contributed by atoms with van der Waals surface area (Å²) in [6.45, 7) is 5.91. The first-order valence-corrected chi connectivity index (χ1v) is 6.20. The van der Waals surface area contributed by atoms with Crippen molar-refractivity contribution < 1.29 is 4.79 Å². The molecule has 0 aromatic heterocycles. The van der Waals surface area contributed by atoms with Gasteiger partial charge in [-0.25, -0.2) is 0 Å². The Hall–Kier alpha value is -0.930. The maximum Gasteiger partial charge on any atom is 0.233 e. The molecule has 2 nitrogen and oxygen atoms in total. The van der Waals surface area contributed by atoms with Gasteiger partial charge in [0.25, 0.3) is 0 Å². The van der Waals surface area contributed by atoms with Crippen LogP contribution in [0.2, 0.25) is 5.02 Å². The van der Waals surface area contributed by atoms with E-state index in [0.29, 0.717) is 11.6 Å². The Balaban J connectivity index is 2.53.